The lowest BCUT2D eigenvalue weighted by Crippen LogP contribution is -2.12. The van der Waals surface area contributed by atoms with Gasteiger partial charge in [-0.3, -0.25) is 9.59 Å². The molecule has 0 spiro atoms. The second kappa shape index (κ2) is 4.98. The minimum Gasteiger partial charge on any atom is -0.326 e. The van der Waals surface area contributed by atoms with Crippen molar-refractivity contribution >= 4 is 34.8 Å². The second-order valence-electron chi connectivity index (χ2n) is 4.56. The minimum atomic E-state index is -0.227. The molecule has 0 atom stereocenters. The van der Waals surface area contributed by atoms with Crippen molar-refractivity contribution in [1.82, 2.24) is 0 Å². The molecular formula is C15H11ClN2O2. The highest BCUT2D eigenvalue weighted by Gasteiger charge is 2.19. The molecule has 0 saturated carbocycles. The van der Waals surface area contributed by atoms with Gasteiger partial charge in [-0.05, 0) is 42.0 Å². The first-order chi connectivity index (χ1) is 9.61. The number of halogens is 1. The van der Waals surface area contributed by atoms with E-state index in [1.165, 1.54) is 0 Å². The molecular weight excluding hydrogens is 276 g/mol. The van der Waals surface area contributed by atoms with Crippen molar-refractivity contribution in [3.8, 4) is 0 Å². The molecule has 0 aromatic heterocycles. The van der Waals surface area contributed by atoms with Crippen LogP contribution in [-0.4, -0.2) is 11.8 Å². The van der Waals surface area contributed by atoms with Crippen LogP contribution in [0.2, 0.25) is 5.02 Å². The van der Waals surface area contributed by atoms with Gasteiger partial charge in [0.2, 0.25) is 5.91 Å². The third-order valence-electron chi connectivity index (χ3n) is 3.08. The number of fused-ring (bicyclic) bond motifs is 1. The third-order valence-corrected chi connectivity index (χ3v) is 3.31. The highest BCUT2D eigenvalue weighted by molar-refractivity contribution is 6.31. The average molecular weight is 287 g/mol. The highest BCUT2D eigenvalue weighted by atomic mass is 35.5. The molecule has 0 bridgehead atoms. The Bertz CT molecular complexity index is 713. The molecule has 0 radical (unpaired) electrons. The summed E-state index contributed by atoms with van der Waals surface area (Å²) in [7, 11) is 0. The van der Waals surface area contributed by atoms with Crippen molar-refractivity contribution in [2.45, 2.75) is 6.42 Å². The van der Waals surface area contributed by atoms with Gasteiger partial charge in [-0.2, -0.15) is 0 Å². The zero-order valence-corrected chi connectivity index (χ0v) is 11.2. The fourth-order valence-corrected chi connectivity index (χ4v) is 2.33. The molecule has 20 heavy (non-hydrogen) atoms. The summed E-state index contributed by atoms with van der Waals surface area (Å²) in [4.78, 5) is 23.4. The molecule has 5 heteroatoms. The summed E-state index contributed by atoms with van der Waals surface area (Å²) in [6, 6.07) is 12.1. The van der Waals surface area contributed by atoms with E-state index >= 15 is 0 Å². The van der Waals surface area contributed by atoms with E-state index in [0.29, 0.717) is 22.7 Å². The first kappa shape index (κ1) is 12.7. The quantitative estimate of drug-likeness (QED) is 0.891. The van der Waals surface area contributed by atoms with Crippen LogP contribution in [0.4, 0.5) is 11.4 Å². The Morgan fingerprint density at radius 1 is 1.20 bits per heavy atom. The van der Waals surface area contributed by atoms with Gasteiger partial charge in [0.1, 0.15) is 0 Å². The van der Waals surface area contributed by atoms with Gasteiger partial charge in [0.25, 0.3) is 5.91 Å². The molecule has 0 unspecified atom stereocenters. The van der Waals surface area contributed by atoms with Crippen LogP contribution in [0.25, 0.3) is 0 Å². The van der Waals surface area contributed by atoms with Crippen LogP contribution in [-0.2, 0) is 11.2 Å². The van der Waals surface area contributed by atoms with Crippen LogP contribution >= 0.6 is 11.6 Å². The van der Waals surface area contributed by atoms with Crippen LogP contribution < -0.4 is 10.6 Å². The summed E-state index contributed by atoms with van der Waals surface area (Å²) in [5.41, 5.74) is 2.76. The third kappa shape index (κ3) is 2.51. The fraction of sp³-hybridized carbons (Fsp3) is 0.0667. The molecule has 2 N–H and O–H groups in total. The zero-order chi connectivity index (χ0) is 14.1. The van der Waals surface area contributed by atoms with Gasteiger partial charge in [-0.1, -0.05) is 17.7 Å². The lowest BCUT2D eigenvalue weighted by Gasteiger charge is -2.07. The highest BCUT2D eigenvalue weighted by Crippen LogP contribution is 2.24. The van der Waals surface area contributed by atoms with E-state index in [1.807, 2.05) is 0 Å². The van der Waals surface area contributed by atoms with Gasteiger partial charge < -0.3 is 10.6 Å². The molecule has 1 aliphatic rings. The summed E-state index contributed by atoms with van der Waals surface area (Å²) in [5, 5.41) is 6.07. The average Bonchev–Trinajstić information content (AvgIpc) is 2.77. The number of carbonyl (C=O) groups excluding carboxylic acids is 2. The number of hydrogen-bond acceptors (Lipinski definition) is 2. The molecule has 0 fully saturated rings. The summed E-state index contributed by atoms with van der Waals surface area (Å²) in [5.74, 6) is -0.276. The predicted molar refractivity (Wildman–Crippen MR) is 78.2 cm³/mol. The van der Waals surface area contributed by atoms with Gasteiger partial charge >= 0.3 is 0 Å². The minimum absolute atomic E-state index is 0.0487. The van der Waals surface area contributed by atoms with Crippen LogP contribution in [0.3, 0.4) is 0 Å². The van der Waals surface area contributed by atoms with Gasteiger partial charge in [-0.15, -0.1) is 0 Å². The fourth-order valence-electron chi connectivity index (χ4n) is 2.14. The normalized spacial score (nSPS) is 12.8. The SMILES string of the molecule is O=C1Cc2cc(C(=O)Nc3cccc(Cl)c3)ccc2N1. The van der Waals surface area contributed by atoms with Gasteiger partial charge in [0, 0.05) is 22.0 Å². The Kier molecular flexibility index (Phi) is 3.16. The molecule has 2 aromatic rings. The number of anilines is 2. The maximum absolute atomic E-state index is 12.1. The number of nitrogens with one attached hydrogen (secondary N) is 2. The molecule has 2 aromatic carbocycles. The Morgan fingerprint density at radius 2 is 2.05 bits per heavy atom. The van der Waals surface area contributed by atoms with Crippen LogP contribution in [0.1, 0.15) is 15.9 Å². The van der Waals surface area contributed by atoms with Crippen molar-refractivity contribution in [2.75, 3.05) is 10.6 Å². The van der Waals surface area contributed by atoms with E-state index < -0.39 is 0 Å². The Hall–Kier alpha value is -2.33. The van der Waals surface area contributed by atoms with Crippen LogP contribution in [0.5, 0.6) is 0 Å². The van der Waals surface area contributed by atoms with Crippen molar-refractivity contribution in [2.24, 2.45) is 0 Å². The lowest BCUT2D eigenvalue weighted by atomic mass is 10.1. The molecule has 0 aliphatic carbocycles. The maximum Gasteiger partial charge on any atom is 0.255 e. The molecule has 1 heterocycles. The van der Waals surface area contributed by atoms with Gasteiger partial charge in [0.15, 0.2) is 0 Å². The number of hydrogen-bond donors (Lipinski definition) is 2. The smallest absolute Gasteiger partial charge is 0.255 e. The first-order valence-electron chi connectivity index (χ1n) is 6.11. The topological polar surface area (TPSA) is 58.2 Å². The molecule has 2 amide bonds. The molecule has 0 saturated heterocycles. The van der Waals surface area contributed by atoms with Crippen LogP contribution in [0, 0.1) is 0 Å². The lowest BCUT2D eigenvalue weighted by molar-refractivity contribution is -0.115. The molecule has 3 rings (SSSR count). The maximum atomic E-state index is 12.1. The predicted octanol–water partition coefficient (Wildman–Crippen LogP) is 3.09. The zero-order valence-electron chi connectivity index (χ0n) is 10.4. The molecule has 4 nitrogen and oxygen atoms in total. The standard InChI is InChI=1S/C15H11ClN2O2/c16-11-2-1-3-12(8-11)17-15(20)9-4-5-13-10(6-9)7-14(19)18-13/h1-6,8H,7H2,(H,17,20)(H,18,19). The number of rotatable bonds is 2. The Labute approximate surface area is 120 Å². The van der Waals surface area contributed by atoms with E-state index in [-0.39, 0.29) is 11.8 Å². The number of carbonyl (C=O) groups is 2. The number of amides is 2. The summed E-state index contributed by atoms with van der Waals surface area (Å²) >= 11 is 5.87. The summed E-state index contributed by atoms with van der Waals surface area (Å²) in [6.07, 6.45) is 0.313. The monoisotopic (exact) mass is 286 g/mol. The van der Waals surface area contributed by atoms with Crippen molar-refractivity contribution < 1.29 is 9.59 Å². The summed E-state index contributed by atoms with van der Waals surface area (Å²) < 4.78 is 0. The molecule has 100 valence electrons. The van der Waals surface area contributed by atoms with E-state index in [4.69, 9.17) is 11.6 Å². The van der Waals surface area contributed by atoms with Gasteiger partial charge in [0.05, 0.1) is 6.42 Å². The second-order valence-corrected chi connectivity index (χ2v) is 5.00. The van der Waals surface area contributed by atoms with Crippen molar-refractivity contribution in [1.29, 1.82) is 0 Å². The first-order valence-corrected chi connectivity index (χ1v) is 6.49. The van der Waals surface area contributed by atoms with E-state index in [9.17, 15) is 9.59 Å². The van der Waals surface area contributed by atoms with E-state index in [1.54, 1.807) is 42.5 Å². The Balaban J connectivity index is 1.81. The number of benzene rings is 2. The van der Waals surface area contributed by atoms with Crippen molar-refractivity contribution in [3.63, 3.8) is 0 Å². The Morgan fingerprint density at radius 3 is 2.85 bits per heavy atom. The van der Waals surface area contributed by atoms with Crippen molar-refractivity contribution in [3.05, 3.63) is 58.6 Å². The van der Waals surface area contributed by atoms with E-state index in [0.717, 1.165) is 11.3 Å². The molecule has 1 aliphatic heterocycles. The van der Waals surface area contributed by atoms with E-state index in [2.05, 4.69) is 10.6 Å². The van der Waals surface area contributed by atoms with Gasteiger partial charge in [-0.25, -0.2) is 0 Å². The van der Waals surface area contributed by atoms with Crippen LogP contribution in [0.15, 0.2) is 42.5 Å². The largest absolute Gasteiger partial charge is 0.326 e. The summed E-state index contributed by atoms with van der Waals surface area (Å²) in [6.45, 7) is 0.